The van der Waals surface area contributed by atoms with E-state index >= 15 is 0 Å². The van der Waals surface area contributed by atoms with Gasteiger partial charge >= 0.3 is 0 Å². The van der Waals surface area contributed by atoms with Gasteiger partial charge in [0.05, 0.1) is 16.9 Å². The van der Waals surface area contributed by atoms with Gasteiger partial charge in [0.1, 0.15) is 12.0 Å². The van der Waals surface area contributed by atoms with Gasteiger partial charge in [0.2, 0.25) is 0 Å². The van der Waals surface area contributed by atoms with Crippen LogP contribution in [0.4, 0.5) is 8.78 Å². The van der Waals surface area contributed by atoms with Crippen LogP contribution in [-0.2, 0) is 0 Å². The number of benzene rings is 1. The standard InChI is InChI=1S/C17H18F2N2S/c18-15-10-17(22-21-7-1-2-8-21)16(19)9-14(15)13-5-3-12(11-20)4-6-13/h3-6,10,14,16-17H,1-2,7-9H2. The second-order valence-corrected chi connectivity index (χ2v) is 7.07. The number of alkyl halides is 1. The monoisotopic (exact) mass is 320 g/mol. The molecule has 3 unspecified atom stereocenters. The minimum absolute atomic E-state index is 0.166. The van der Waals surface area contributed by atoms with E-state index in [-0.39, 0.29) is 12.2 Å². The molecule has 3 rings (SSSR count). The molecule has 3 atom stereocenters. The molecular formula is C17H18F2N2S. The van der Waals surface area contributed by atoms with Crippen molar-refractivity contribution in [1.82, 2.24) is 4.31 Å². The van der Waals surface area contributed by atoms with E-state index < -0.39 is 17.3 Å². The Labute approximate surface area is 133 Å². The van der Waals surface area contributed by atoms with Gasteiger partial charge in [-0.2, -0.15) is 5.26 Å². The van der Waals surface area contributed by atoms with Crippen molar-refractivity contribution in [3.05, 3.63) is 47.3 Å². The zero-order valence-corrected chi connectivity index (χ0v) is 13.0. The van der Waals surface area contributed by atoms with E-state index in [1.165, 1.54) is 18.0 Å². The summed E-state index contributed by atoms with van der Waals surface area (Å²) in [5.41, 5.74) is 1.27. The maximum atomic E-state index is 14.4. The molecule has 0 N–H and O–H groups in total. The largest absolute Gasteiger partial charge is 0.250 e. The summed E-state index contributed by atoms with van der Waals surface area (Å²) in [4.78, 5) is 0. The molecule has 0 radical (unpaired) electrons. The average molecular weight is 320 g/mol. The number of rotatable bonds is 3. The lowest BCUT2D eigenvalue weighted by Gasteiger charge is -2.30. The highest BCUT2D eigenvalue weighted by atomic mass is 32.2. The van der Waals surface area contributed by atoms with Crippen LogP contribution < -0.4 is 0 Å². The molecule has 0 bridgehead atoms. The second kappa shape index (κ2) is 6.80. The average Bonchev–Trinajstić information content (AvgIpc) is 3.04. The summed E-state index contributed by atoms with van der Waals surface area (Å²) >= 11 is 1.44. The molecule has 116 valence electrons. The first-order valence-corrected chi connectivity index (χ1v) is 8.44. The van der Waals surface area contributed by atoms with Crippen LogP contribution in [0.25, 0.3) is 0 Å². The van der Waals surface area contributed by atoms with Gasteiger partial charge in [0.15, 0.2) is 0 Å². The molecule has 1 aromatic carbocycles. The Kier molecular flexibility index (Phi) is 4.80. The van der Waals surface area contributed by atoms with Gasteiger partial charge in [-0.05, 0) is 43.0 Å². The van der Waals surface area contributed by atoms with E-state index in [1.807, 2.05) is 6.07 Å². The fourth-order valence-electron chi connectivity index (χ4n) is 3.00. The number of nitrogens with zero attached hydrogens (tertiary/aromatic N) is 2. The summed E-state index contributed by atoms with van der Waals surface area (Å²) < 4.78 is 31.0. The maximum absolute atomic E-state index is 14.4. The van der Waals surface area contributed by atoms with Gasteiger partial charge in [-0.3, -0.25) is 4.31 Å². The lowest BCUT2D eigenvalue weighted by Crippen LogP contribution is -2.29. The third kappa shape index (κ3) is 3.34. The van der Waals surface area contributed by atoms with Crippen molar-refractivity contribution in [1.29, 1.82) is 5.26 Å². The summed E-state index contributed by atoms with van der Waals surface area (Å²) in [6.45, 7) is 1.92. The summed E-state index contributed by atoms with van der Waals surface area (Å²) in [5.74, 6) is -0.784. The summed E-state index contributed by atoms with van der Waals surface area (Å²) in [6.07, 6.45) is 2.83. The number of allylic oxidation sites excluding steroid dienone is 1. The first kappa shape index (κ1) is 15.5. The van der Waals surface area contributed by atoms with Crippen molar-refractivity contribution >= 4 is 11.9 Å². The molecule has 22 heavy (non-hydrogen) atoms. The Bertz CT molecular complexity index is 588. The Balaban J connectivity index is 1.73. The first-order valence-electron chi connectivity index (χ1n) is 7.60. The van der Waals surface area contributed by atoms with E-state index in [9.17, 15) is 8.78 Å². The van der Waals surface area contributed by atoms with E-state index in [2.05, 4.69) is 4.31 Å². The predicted octanol–water partition coefficient (Wildman–Crippen LogP) is 4.35. The molecule has 0 spiro atoms. The fourth-order valence-corrected chi connectivity index (χ4v) is 4.24. The smallest absolute Gasteiger partial charge is 0.118 e. The number of hydrogen-bond acceptors (Lipinski definition) is 3. The highest BCUT2D eigenvalue weighted by Gasteiger charge is 2.34. The molecule has 2 nitrogen and oxygen atoms in total. The summed E-state index contributed by atoms with van der Waals surface area (Å²) in [7, 11) is 0. The van der Waals surface area contributed by atoms with E-state index in [1.54, 1.807) is 24.3 Å². The lowest BCUT2D eigenvalue weighted by atomic mass is 9.86. The molecule has 1 heterocycles. The van der Waals surface area contributed by atoms with Gasteiger partial charge in [-0.25, -0.2) is 8.78 Å². The topological polar surface area (TPSA) is 27.0 Å². The molecule has 0 aromatic heterocycles. The van der Waals surface area contributed by atoms with Gasteiger partial charge in [0.25, 0.3) is 0 Å². The number of halogens is 2. The molecular weight excluding hydrogens is 302 g/mol. The van der Waals surface area contributed by atoms with Crippen molar-refractivity contribution in [3.63, 3.8) is 0 Å². The third-order valence-electron chi connectivity index (χ3n) is 4.25. The quantitative estimate of drug-likeness (QED) is 0.775. The highest BCUT2D eigenvalue weighted by molar-refractivity contribution is 7.97. The zero-order chi connectivity index (χ0) is 15.5. The zero-order valence-electron chi connectivity index (χ0n) is 12.2. The third-order valence-corrected chi connectivity index (χ3v) is 5.59. The van der Waals surface area contributed by atoms with Crippen LogP contribution in [0.5, 0.6) is 0 Å². The Morgan fingerprint density at radius 2 is 1.86 bits per heavy atom. The number of nitriles is 1. The van der Waals surface area contributed by atoms with E-state index in [0.29, 0.717) is 5.56 Å². The normalized spacial score (nSPS) is 29.1. The van der Waals surface area contributed by atoms with E-state index in [4.69, 9.17) is 5.26 Å². The van der Waals surface area contributed by atoms with Crippen molar-refractivity contribution < 1.29 is 8.78 Å². The highest BCUT2D eigenvalue weighted by Crippen LogP contribution is 2.41. The van der Waals surface area contributed by atoms with Crippen LogP contribution in [0.3, 0.4) is 0 Å². The predicted molar refractivity (Wildman–Crippen MR) is 84.8 cm³/mol. The van der Waals surface area contributed by atoms with Crippen LogP contribution in [0.15, 0.2) is 36.2 Å². The minimum atomic E-state index is -1.05. The molecule has 1 saturated heterocycles. The molecule has 1 fully saturated rings. The van der Waals surface area contributed by atoms with Crippen molar-refractivity contribution in [2.45, 2.75) is 36.6 Å². The second-order valence-electron chi connectivity index (χ2n) is 5.80. The summed E-state index contributed by atoms with van der Waals surface area (Å²) in [6, 6.07) is 8.78. The van der Waals surface area contributed by atoms with Gasteiger partial charge in [-0.15, -0.1) is 0 Å². The minimum Gasteiger partial charge on any atom is -0.250 e. The first-order chi connectivity index (χ1) is 10.7. The molecule has 1 aliphatic heterocycles. The molecule has 1 aliphatic carbocycles. The Hall–Kier alpha value is -1.38. The van der Waals surface area contributed by atoms with Gasteiger partial charge in [-0.1, -0.05) is 24.1 Å². The van der Waals surface area contributed by atoms with Crippen LogP contribution in [0, 0.1) is 11.3 Å². The molecule has 5 heteroatoms. The van der Waals surface area contributed by atoms with Crippen LogP contribution in [0.1, 0.15) is 36.3 Å². The Morgan fingerprint density at radius 3 is 2.50 bits per heavy atom. The van der Waals surface area contributed by atoms with E-state index in [0.717, 1.165) is 31.5 Å². The SMILES string of the molecule is N#Cc1ccc(C2CC(F)C(SN3CCCC3)C=C2F)cc1. The number of hydrogen-bond donors (Lipinski definition) is 0. The molecule has 0 saturated carbocycles. The molecule has 1 aromatic rings. The van der Waals surface area contributed by atoms with Crippen LogP contribution in [-0.4, -0.2) is 28.8 Å². The molecule has 2 aliphatic rings. The summed E-state index contributed by atoms with van der Waals surface area (Å²) in [5, 5.41) is 8.38. The molecule has 0 amide bonds. The van der Waals surface area contributed by atoms with Crippen molar-refractivity contribution in [2.75, 3.05) is 13.1 Å². The van der Waals surface area contributed by atoms with Crippen molar-refractivity contribution in [3.8, 4) is 6.07 Å². The maximum Gasteiger partial charge on any atom is 0.118 e. The van der Waals surface area contributed by atoms with Gasteiger partial charge < -0.3 is 0 Å². The fraction of sp³-hybridized carbons (Fsp3) is 0.471. The Morgan fingerprint density at radius 1 is 1.18 bits per heavy atom. The van der Waals surface area contributed by atoms with Crippen LogP contribution in [0.2, 0.25) is 0 Å². The lowest BCUT2D eigenvalue weighted by molar-refractivity contribution is 0.282. The van der Waals surface area contributed by atoms with Crippen molar-refractivity contribution in [2.24, 2.45) is 0 Å². The van der Waals surface area contributed by atoms with Gasteiger partial charge in [0, 0.05) is 19.0 Å². The van der Waals surface area contributed by atoms with Crippen LogP contribution >= 0.6 is 11.9 Å².